The fraction of sp³-hybridized carbons (Fsp3) is 0.214. The van der Waals surface area contributed by atoms with Crippen LogP contribution in [-0.4, -0.2) is 10.5 Å². The number of benzene rings is 1. The van der Waals surface area contributed by atoms with Crippen LogP contribution in [0.2, 0.25) is 0 Å². The number of carbonyl (C=O) groups is 1. The van der Waals surface area contributed by atoms with Gasteiger partial charge in [-0.25, -0.2) is 0 Å². The number of rotatable bonds is 3. The molecular formula is C14H15BrN2O. The first-order chi connectivity index (χ1) is 8.59. The molecule has 18 heavy (non-hydrogen) atoms. The third-order valence-corrected chi connectivity index (χ3v) is 3.97. The van der Waals surface area contributed by atoms with Crippen LogP contribution in [0.5, 0.6) is 0 Å². The van der Waals surface area contributed by atoms with Gasteiger partial charge in [0.15, 0.2) is 0 Å². The van der Waals surface area contributed by atoms with Crippen LogP contribution in [-0.2, 0) is 13.6 Å². The number of hydrogen-bond donors (Lipinski definition) is 1. The first-order valence-corrected chi connectivity index (χ1v) is 6.52. The van der Waals surface area contributed by atoms with E-state index in [1.54, 1.807) is 0 Å². The summed E-state index contributed by atoms with van der Waals surface area (Å²) in [6, 6.07) is 9.63. The topological polar surface area (TPSA) is 34.0 Å². The van der Waals surface area contributed by atoms with Gasteiger partial charge < -0.3 is 9.88 Å². The van der Waals surface area contributed by atoms with Gasteiger partial charge in [-0.3, -0.25) is 4.79 Å². The van der Waals surface area contributed by atoms with Crippen molar-refractivity contribution in [3.63, 3.8) is 0 Å². The molecule has 0 unspecified atom stereocenters. The number of nitrogens with one attached hydrogen (secondary N) is 1. The summed E-state index contributed by atoms with van der Waals surface area (Å²) < 4.78 is 2.85. The lowest BCUT2D eigenvalue weighted by Gasteiger charge is -2.09. The number of hydrogen-bond acceptors (Lipinski definition) is 1. The Kier molecular flexibility index (Phi) is 3.87. The molecule has 1 heterocycles. The molecule has 4 heteroatoms. The predicted octanol–water partition coefficient (Wildman–Crippen LogP) is 3.03. The molecule has 1 N–H and O–H groups in total. The number of aromatic nitrogens is 1. The highest BCUT2D eigenvalue weighted by atomic mass is 79.9. The van der Waals surface area contributed by atoms with Gasteiger partial charge >= 0.3 is 0 Å². The summed E-state index contributed by atoms with van der Waals surface area (Å²) in [6.07, 6.45) is 1.96. The Bertz CT molecular complexity index is 575. The van der Waals surface area contributed by atoms with E-state index in [2.05, 4.69) is 21.2 Å². The third-order valence-electron chi connectivity index (χ3n) is 2.92. The second-order valence-corrected chi connectivity index (χ2v) is 5.02. The van der Waals surface area contributed by atoms with Gasteiger partial charge in [-0.05, 0) is 46.6 Å². The second-order valence-electron chi connectivity index (χ2n) is 4.23. The molecule has 1 amide bonds. The molecule has 0 aliphatic rings. The van der Waals surface area contributed by atoms with Crippen molar-refractivity contribution in [3.05, 3.63) is 57.8 Å². The van der Waals surface area contributed by atoms with Gasteiger partial charge in [0, 0.05) is 23.4 Å². The maximum absolute atomic E-state index is 12.1. The Morgan fingerprint density at radius 3 is 2.78 bits per heavy atom. The highest BCUT2D eigenvalue weighted by Crippen LogP contribution is 2.20. The van der Waals surface area contributed by atoms with Crippen LogP contribution >= 0.6 is 15.9 Å². The molecular weight excluding hydrogens is 292 g/mol. The van der Waals surface area contributed by atoms with E-state index >= 15 is 0 Å². The quantitative estimate of drug-likeness (QED) is 0.929. The van der Waals surface area contributed by atoms with Crippen molar-refractivity contribution in [1.29, 1.82) is 0 Å². The van der Waals surface area contributed by atoms with Gasteiger partial charge in [0.1, 0.15) is 0 Å². The summed E-state index contributed by atoms with van der Waals surface area (Å²) >= 11 is 3.45. The van der Waals surface area contributed by atoms with Gasteiger partial charge in [-0.15, -0.1) is 0 Å². The fourth-order valence-electron chi connectivity index (χ4n) is 1.77. The van der Waals surface area contributed by atoms with Crippen molar-refractivity contribution in [1.82, 2.24) is 9.88 Å². The molecule has 3 nitrogen and oxygen atoms in total. The van der Waals surface area contributed by atoms with Crippen molar-refractivity contribution in [3.8, 4) is 0 Å². The molecule has 0 bridgehead atoms. The summed E-state index contributed by atoms with van der Waals surface area (Å²) in [4.78, 5) is 12.1. The Hall–Kier alpha value is -1.55. The number of nitrogens with zero attached hydrogens (tertiary/aromatic N) is 1. The summed E-state index contributed by atoms with van der Waals surface area (Å²) in [5.41, 5.74) is 2.80. The zero-order valence-electron chi connectivity index (χ0n) is 10.4. The van der Waals surface area contributed by atoms with E-state index in [4.69, 9.17) is 0 Å². The van der Waals surface area contributed by atoms with Crippen molar-refractivity contribution in [2.24, 2.45) is 7.05 Å². The van der Waals surface area contributed by atoms with E-state index in [0.717, 1.165) is 15.7 Å². The van der Waals surface area contributed by atoms with E-state index in [9.17, 15) is 4.79 Å². The second kappa shape index (κ2) is 5.40. The maximum Gasteiger partial charge on any atom is 0.252 e. The van der Waals surface area contributed by atoms with E-state index < -0.39 is 0 Å². The average molecular weight is 307 g/mol. The van der Waals surface area contributed by atoms with Crippen molar-refractivity contribution in [2.45, 2.75) is 13.5 Å². The molecule has 0 saturated heterocycles. The molecule has 0 saturated carbocycles. The highest BCUT2D eigenvalue weighted by molar-refractivity contribution is 9.10. The normalized spacial score (nSPS) is 10.4. The Morgan fingerprint density at radius 2 is 2.11 bits per heavy atom. The van der Waals surface area contributed by atoms with Gasteiger partial charge in [-0.1, -0.05) is 12.1 Å². The van der Waals surface area contributed by atoms with Gasteiger partial charge in [-0.2, -0.15) is 0 Å². The molecule has 2 aromatic rings. The van der Waals surface area contributed by atoms with E-state index in [1.807, 2.05) is 55.1 Å². The molecule has 0 atom stereocenters. The zero-order chi connectivity index (χ0) is 13.1. The molecule has 0 aliphatic heterocycles. The molecule has 0 fully saturated rings. The first-order valence-electron chi connectivity index (χ1n) is 5.73. The lowest BCUT2D eigenvalue weighted by atomic mass is 10.1. The van der Waals surface area contributed by atoms with E-state index in [-0.39, 0.29) is 5.91 Å². The number of carbonyl (C=O) groups excluding carboxylic acids is 1. The van der Waals surface area contributed by atoms with Crippen LogP contribution in [0.1, 0.15) is 21.6 Å². The van der Waals surface area contributed by atoms with E-state index in [1.165, 1.54) is 0 Å². The van der Waals surface area contributed by atoms with Crippen molar-refractivity contribution in [2.75, 3.05) is 0 Å². The molecule has 0 radical (unpaired) electrons. The summed E-state index contributed by atoms with van der Waals surface area (Å²) in [5.74, 6) is -0.0632. The third kappa shape index (κ3) is 2.64. The SMILES string of the molecule is Cc1cccc(C(=O)NCc2cccn2C)c1Br. The van der Waals surface area contributed by atoms with Crippen LogP contribution in [0, 0.1) is 6.92 Å². The number of halogens is 1. The molecule has 1 aromatic heterocycles. The molecule has 1 aromatic carbocycles. The van der Waals surface area contributed by atoms with Crippen LogP contribution in [0.4, 0.5) is 0 Å². The highest BCUT2D eigenvalue weighted by Gasteiger charge is 2.11. The van der Waals surface area contributed by atoms with Gasteiger partial charge in [0.2, 0.25) is 0 Å². The first kappa shape index (κ1) is 12.9. The average Bonchev–Trinajstić information content (AvgIpc) is 2.75. The lowest BCUT2D eigenvalue weighted by Crippen LogP contribution is -2.24. The van der Waals surface area contributed by atoms with Crippen LogP contribution < -0.4 is 5.32 Å². The van der Waals surface area contributed by atoms with Crippen molar-refractivity contribution < 1.29 is 4.79 Å². The van der Waals surface area contributed by atoms with Gasteiger partial charge in [0.05, 0.1) is 12.1 Å². The Balaban J connectivity index is 2.09. The minimum Gasteiger partial charge on any atom is -0.353 e. The van der Waals surface area contributed by atoms with E-state index in [0.29, 0.717) is 12.1 Å². The molecule has 2 rings (SSSR count). The lowest BCUT2D eigenvalue weighted by molar-refractivity contribution is 0.0949. The standard InChI is InChI=1S/C14H15BrN2O/c1-10-5-3-7-12(13(10)15)14(18)16-9-11-6-4-8-17(11)2/h3-8H,9H2,1-2H3,(H,16,18). The zero-order valence-corrected chi connectivity index (χ0v) is 12.0. The molecule has 0 aliphatic carbocycles. The minimum absolute atomic E-state index is 0.0632. The maximum atomic E-state index is 12.1. The Morgan fingerprint density at radius 1 is 1.33 bits per heavy atom. The summed E-state index contributed by atoms with van der Waals surface area (Å²) in [6.45, 7) is 2.50. The van der Waals surface area contributed by atoms with Crippen LogP contribution in [0.25, 0.3) is 0 Å². The Labute approximate surface area is 115 Å². The van der Waals surface area contributed by atoms with Crippen LogP contribution in [0.15, 0.2) is 41.0 Å². The smallest absolute Gasteiger partial charge is 0.252 e. The summed E-state index contributed by atoms with van der Waals surface area (Å²) in [7, 11) is 1.96. The number of amides is 1. The monoisotopic (exact) mass is 306 g/mol. The van der Waals surface area contributed by atoms with Gasteiger partial charge in [0.25, 0.3) is 5.91 Å². The molecule has 0 spiro atoms. The molecule has 94 valence electrons. The van der Waals surface area contributed by atoms with Crippen LogP contribution in [0.3, 0.4) is 0 Å². The minimum atomic E-state index is -0.0632. The number of aryl methyl sites for hydroxylation is 2. The largest absolute Gasteiger partial charge is 0.353 e. The fourth-order valence-corrected chi connectivity index (χ4v) is 2.21. The van der Waals surface area contributed by atoms with Crippen molar-refractivity contribution >= 4 is 21.8 Å². The summed E-state index contributed by atoms with van der Waals surface area (Å²) in [5, 5.41) is 2.92. The predicted molar refractivity (Wildman–Crippen MR) is 75.5 cm³/mol.